The Balaban J connectivity index is -0.0000000844. The van der Waals surface area contributed by atoms with E-state index in [1.807, 2.05) is 75.0 Å². The molecule has 14 heteroatoms. The van der Waals surface area contributed by atoms with E-state index in [1.165, 1.54) is 13.1 Å². The fourth-order valence-corrected chi connectivity index (χ4v) is 4.28. The summed E-state index contributed by atoms with van der Waals surface area (Å²) in [5, 5.41) is 2.25. The van der Waals surface area contributed by atoms with Crippen LogP contribution in [0.1, 0.15) is 69.2 Å². The number of thiocarbonyl (C=S) groups is 4. The molecule has 38 heavy (non-hydrogen) atoms. The molecule has 0 aliphatic rings. The number of hydrogen-bond donors (Lipinski definition) is 1. The molecular formula is C24H52EuN5S8. The molecule has 0 radical (unpaired) electrons. The van der Waals surface area contributed by atoms with Gasteiger partial charge in [0.25, 0.3) is 0 Å². The SMILES string of the molecule is CCN(CC)C(=S)[S-].CCN(CC)C(=S)[S-].CCN(CC)C(=S)[S-].CCN(CC)C(=S)[S-].CC[NH2+]CC.[Eu+3]. The van der Waals surface area contributed by atoms with Crippen LogP contribution in [0.5, 0.6) is 0 Å². The van der Waals surface area contributed by atoms with Gasteiger partial charge >= 0.3 is 49.4 Å². The van der Waals surface area contributed by atoms with Crippen LogP contribution < -0.4 is 5.32 Å². The van der Waals surface area contributed by atoms with Crippen LogP contribution in [0.25, 0.3) is 0 Å². The summed E-state index contributed by atoms with van der Waals surface area (Å²) in [6.07, 6.45) is 0. The van der Waals surface area contributed by atoms with Crippen molar-refractivity contribution in [3.8, 4) is 0 Å². The van der Waals surface area contributed by atoms with E-state index >= 15 is 0 Å². The molecule has 0 aliphatic heterocycles. The van der Waals surface area contributed by atoms with Gasteiger partial charge < -0.3 is 124 Å². The van der Waals surface area contributed by atoms with Crippen molar-refractivity contribution < 1.29 is 54.7 Å². The minimum atomic E-state index is 0. The Kier molecular flexibility index (Phi) is 56.9. The molecule has 0 aromatic rings. The van der Waals surface area contributed by atoms with Gasteiger partial charge in [-0.3, -0.25) is 0 Å². The van der Waals surface area contributed by atoms with Crippen molar-refractivity contribution in [3.63, 3.8) is 0 Å². The Labute approximate surface area is 321 Å². The predicted octanol–water partition coefficient (Wildman–Crippen LogP) is 4.23. The van der Waals surface area contributed by atoms with Crippen molar-refractivity contribution in [2.24, 2.45) is 0 Å². The maximum absolute atomic E-state index is 4.76. The summed E-state index contributed by atoms with van der Waals surface area (Å²) in [6, 6.07) is 0. The third-order valence-corrected chi connectivity index (χ3v) is 6.73. The molecule has 2 N–H and O–H groups in total. The van der Waals surface area contributed by atoms with Crippen molar-refractivity contribution in [1.29, 1.82) is 0 Å². The Bertz CT molecular complexity index is 454. The van der Waals surface area contributed by atoms with Gasteiger partial charge in [0.1, 0.15) is 0 Å². The van der Waals surface area contributed by atoms with Crippen LogP contribution in [0.3, 0.4) is 0 Å². The molecule has 5 nitrogen and oxygen atoms in total. The molecule has 0 bridgehead atoms. The van der Waals surface area contributed by atoms with Crippen LogP contribution in [0.2, 0.25) is 0 Å². The van der Waals surface area contributed by atoms with Gasteiger partial charge in [0.05, 0.1) is 13.1 Å². The van der Waals surface area contributed by atoms with Crippen molar-refractivity contribution in [1.82, 2.24) is 19.6 Å². The zero-order valence-corrected chi connectivity index (χ0v) is 34.0. The largest absolute Gasteiger partial charge is 3.00 e. The first kappa shape index (κ1) is 52.6. The number of nitrogens with two attached hydrogens (primary N) is 1. The summed E-state index contributed by atoms with van der Waals surface area (Å²) < 4.78 is 2.31. The number of hydrogen-bond acceptors (Lipinski definition) is 8. The van der Waals surface area contributed by atoms with E-state index < -0.39 is 0 Å². The molecule has 0 heterocycles. The Hall–Kier alpha value is 1.98. The normalized spacial score (nSPS) is 8.47. The second-order valence-electron chi connectivity index (χ2n) is 6.86. The van der Waals surface area contributed by atoms with Gasteiger partial charge in [-0.05, 0) is 69.2 Å². The van der Waals surface area contributed by atoms with E-state index in [2.05, 4.69) is 19.2 Å². The summed E-state index contributed by atoms with van der Waals surface area (Å²) in [4.78, 5) is 7.85. The smallest absolute Gasteiger partial charge is 0.411 e. The molecule has 0 aromatic heterocycles. The molecule has 228 valence electrons. The number of nitrogens with zero attached hydrogens (tertiary/aromatic N) is 4. The molecule has 0 rings (SSSR count). The molecule has 0 aliphatic carbocycles. The summed E-state index contributed by atoms with van der Waals surface area (Å²) in [6.45, 7) is 30.5. The van der Waals surface area contributed by atoms with Gasteiger partial charge in [-0.2, -0.15) is 0 Å². The summed E-state index contributed by atoms with van der Waals surface area (Å²) in [5.74, 6) is 0. The fourth-order valence-electron chi connectivity index (χ4n) is 2.22. The Morgan fingerprint density at radius 3 is 0.553 bits per heavy atom. The zero-order chi connectivity index (χ0) is 30.4. The van der Waals surface area contributed by atoms with E-state index in [9.17, 15) is 0 Å². The van der Waals surface area contributed by atoms with Crippen molar-refractivity contribution in [2.45, 2.75) is 69.2 Å². The van der Waals surface area contributed by atoms with Crippen LogP contribution in [-0.2, 0) is 50.5 Å². The van der Waals surface area contributed by atoms with Crippen LogP contribution in [-0.4, -0.2) is 102 Å². The second-order valence-corrected chi connectivity index (χ2v) is 11.0. The summed E-state index contributed by atoms with van der Waals surface area (Å²) in [5.41, 5.74) is 0. The van der Waals surface area contributed by atoms with Crippen LogP contribution in [0, 0.1) is 49.4 Å². The minimum absolute atomic E-state index is 0. The third-order valence-electron chi connectivity index (χ3n) is 4.66. The molecule has 0 saturated heterocycles. The topological polar surface area (TPSA) is 29.6 Å². The summed E-state index contributed by atoms with van der Waals surface area (Å²) >= 11 is 38.0. The standard InChI is InChI=1S/4C5H11NS2.C4H11N.Eu/c4*1-3-6(4-2)5(7)8;1-3-5-4-2;/h4*3-4H2,1-2H3,(H,7,8);5H,3-4H2,1-2H3;/q;;;;;+3/p-3. The van der Waals surface area contributed by atoms with Crippen LogP contribution >= 0.6 is 48.9 Å². The average Bonchev–Trinajstić information content (AvgIpc) is 2.83. The fraction of sp³-hybridized carbons (Fsp3) is 0.833. The molecule has 0 aromatic carbocycles. The van der Waals surface area contributed by atoms with E-state index in [4.69, 9.17) is 99.4 Å². The maximum atomic E-state index is 4.76. The quantitative estimate of drug-likeness (QED) is 0.253. The van der Waals surface area contributed by atoms with E-state index in [-0.39, 0.29) is 49.4 Å². The molecule has 0 atom stereocenters. The first-order valence-corrected chi connectivity index (χ1v) is 16.2. The van der Waals surface area contributed by atoms with E-state index in [1.54, 1.807) is 0 Å². The van der Waals surface area contributed by atoms with Gasteiger partial charge in [0.15, 0.2) is 0 Å². The van der Waals surface area contributed by atoms with Gasteiger partial charge in [-0.1, -0.05) is 17.3 Å². The maximum Gasteiger partial charge on any atom is 3.00 e. The second kappa shape index (κ2) is 41.1. The minimum Gasteiger partial charge on any atom is -0.411 e. The van der Waals surface area contributed by atoms with E-state index in [0.717, 1.165) is 52.4 Å². The third kappa shape index (κ3) is 40.1. The molecular weight excluding hydrogens is 767 g/mol. The molecule has 0 spiro atoms. The monoisotopic (exact) mass is 819 g/mol. The van der Waals surface area contributed by atoms with Crippen molar-refractivity contribution in [3.05, 3.63) is 0 Å². The molecule has 0 fully saturated rings. The first-order valence-electron chi connectivity index (χ1n) is 12.9. The number of rotatable bonds is 10. The number of quaternary nitrogens is 1. The van der Waals surface area contributed by atoms with Crippen molar-refractivity contribution in [2.75, 3.05) is 65.4 Å². The van der Waals surface area contributed by atoms with Crippen molar-refractivity contribution >= 4 is 117 Å². The van der Waals surface area contributed by atoms with Gasteiger partial charge in [-0.25, -0.2) is 0 Å². The van der Waals surface area contributed by atoms with Gasteiger partial charge in [0.2, 0.25) is 0 Å². The zero-order valence-electron chi connectivity index (χ0n) is 25.1. The Morgan fingerprint density at radius 1 is 0.421 bits per heavy atom. The van der Waals surface area contributed by atoms with Gasteiger partial charge in [-0.15, -0.1) is 0 Å². The van der Waals surface area contributed by atoms with Crippen LogP contribution in [0.15, 0.2) is 0 Å². The Morgan fingerprint density at radius 2 is 0.553 bits per heavy atom. The molecule has 0 amide bonds. The van der Waals surface area contributed by atoms with E-state index in [0.29, 0.717) is 17.3 Å². The average molecular weight is 819 g/mol. The predicted molar refractivity (Wildman–Crippen MR) is 195 cm³/mol. The first-order chi connectivity index (χ1) is 17.3. The molecule has 0 saturated carbocycles. The molecule has 0 unspecified atom stereocenters. The van der Waals surface area contributed by atoms with Crippen LogP contribution in [0.4, 0.5) is 0 Å². The summed E-state index contributed by atoms with van der Waals surface area (Å²) in [7, 11) is 0. The van der Waals surface area contributed by atoms with Gasteiger partial charge in [0, 0.05) is 52.4 Å².